The molecule has 0 bridgehead atoms. The summed E-state index contributed by atoms with van der Waals surface area (Å²) in [5, 5.41) is 4.21. The lowest BCUT2D eigenvalue weighted by Crippen LogP contribution is -2.41. The lowest BCUT2D eigenvalue weighted by Gasteiger charge is -2.33. The molecular weight excluding hydrogens is 378 g/mol. The second kappa shape index (κ2) is 9.15. The lowest BCUT2D eigenvalue weighted by atomic mass is 9.95. The number of hydrogen-bond donors (Lipinski definition) is 1. The van der Waals surface area contributed by atoms with E-state index in [1.54, 1.807) is 7.11 Å². The number of pyridine rings is 1. The molecule has 1 fully saturated rings. The molecule has 4 rings (SSSR count). The molecule has 1 N–H and O–H groups in total. The Kier molecular flexibility index (Phi) is 6.16. The van der Waals surface area contributed by atoms with Crippen LogP contribution in [0.4, 0.5) is 5.69 Å². The van der Waals surface area contributed by atoms with Crippen molar-refractivity contribution in [3.63, 3.8) is 0 Å². The van der Waals surface area contributed by atoms with E-state index >= 15 is 0 Å². The topological polar surface area (TPSA) is 72.3 Å². The summed E-state index contributed by atoms with van der Waals surface area (Å²) < 4.78 is 7.50. The first-order valence-electron chi connectivity index (χ1n) is 10.6. The van der Waals surface area contributed by atoms with Crippen molar-refractivity contribution in [1.82, 2.24) is 19.9 Å². The molecule has 1 aliphatic heterocycles. The fraction of sp³-hybridized carbons (Fsp3) is 0.435. The van der Waals surface area contributed by atoms with Gasteiger partial charge in [-0.3, -0.25) is 9.78 Å². The van der Waals surface area contributed by atoms with Crippen molar-refractivity contribution < 1.29 is 9.53 Å². The SMILES string of the molecule is COc1ccc2nccc(N3CCC(C(=O)NCCCn4ccnc4C)CC3)c2c1. The number of piperidine rings is 1. The van der Waals surface area contributed by atoms with Gasteiger partial charge in [0.2, 0.25) is 5.91 Å². The van der Waals surface area contributed by atoms with E-state index in [4.69, 9.17) is 4.74 Å². The van der Waals surface area contributed by atoms with Crippen molar-refractivity contribution in [1.29, 1.82) is 0 Å². The molecule has 7 nitrogen and oxygen atoms in total. The highest BCUT2D eigenvalue weighted by atomic mass is 16.5. The number of anilines is 1. The van der Waals surface area contributed by atoms with E-state index in [1.807, 2.05) is 43.7 Å². The number of imidazole rings is 1. The van der Waals surface area contributed by atoms with Crippen molar-refractivity contribution in [2.24, 2.45) is 5.92 Å². The van der Waals surface area contributed by atoms with Crippen LogP contribution in [-0.4, -0.2) is 47.2 Å². The van der Waals surface area contributed by atoms with Gasteiger partial charge in [0.25, 0.3) is 0 Å². The molecule has 0 unspecified atom stereocenters. The minimum atomic E-state index is 0.0823. The third kappa shape index (κ3) is 4.40. The standard InChI is InChI=1S/C23H29N5O2/c1-17-24-11-15-27(17)12-3-9-26-23(29)18-7-13-28(14-8-18)22-6-10-25-21-5-4-19(30-2)16-20(21)22/h4-6,10-11,15-16,18H,3,7-9,12-14H2,1-2H3,(H,26,29). The molecule has 1 saturated heterocycles. The zero-order chi connectivity index (χ0) is 20.9. The number of nitrogens with zero attached hydrogens (tertiary/aromatic N) is 4. The molecule has 0 atom stereocenters. The largest absolute Gasteiger partial charge is 0.497 e. The maximum atomic E-state index is 12.6. The van der Waals surface area contributed by atoms with Gasteiger partial charge in [-0.1, -0.05) is 0 Å². The predicted octanol–water partition coefficient (Wildman–Crippen LogP) is 3.17. The number of nitrogens with one attached hydrogen (secondary N) is 1. The lowest BCUT2D eigenvalue weighted by molar-refractivity contribution is -0.125. The van der Waals surface area contributed by atoms with Gasteiger partial charge in [0, 0.05) is 61.8 Å². The van der Waals surface area contributed by atoms with Crippen molar-refractivity contribution in [3.05, 3.63) is 48.7 Å². The molecule has 0 aliphatic carbocycles. The van der Waals surface area contributed by atoms with Crippen LogP contribution >= 0.6 is 0 Å². The van der Waals surface area contributed by atoms with Crippen molar-refractivity contribution in [2.75, 3.05) is 31.6 Å². The number of carbonyl (C=O) groups excluding carboxylic acids is 1. The minimum Gasteiger partial charge on any atom is -0.497 e. The molecule has 1 amide bonds. The summed E-state index contributed by atoms with van der Waals surface area (Å²) >= 11 is 0. The van der Waals surface area contributed by atoms with Gasteiger partial charge >= 0.3 is 0 Å². The molecule has 2 aromatic heterocycles. The molecule has 3 aromatic rings. The Morgan fingerprint density at radius 1 is 1.20 bits per heavy atom. The second-order valence-corrected chi connectivity index (χ2v) is 7.79. The summed E-state index contributed by atoms with van der Waals surface area (Å²) in [5.41, 5.74) is 2.12. The number of methoxy groups -OCH3 is 1. The summed E-state index contributed by atoms with van der Waals surface area (Å²) in [6.07, 6.45) is 8.27. The highest BCUT2D eigenvalue weighted by Crippen LogP contribution is 2.31. The van der Waals surface area contributed by atoms with Gasteiger partial charge in [-0.2, -0.15) is 0 Å². The first-order valence-corrected chi connectivity index (χ1v) is 10.6. The number of aromatic nitrogens is 3. The van der Waals surface area contributed by atoms with Crippen LogP contribution in [0.1, 0.15) is 25.1 Å². The molecule has 0 spiro atoms. The van der Waals surface area contributed by atoms with E-state index in [1.165, 1.54) is 0 Å². The molecule has 7 heteroatoms. The zero-order valence-electron chi connectivity index (χ0n) is 17.7. The number of carbonyl (C=O) groups is 1. The average Bonchev–Trinajstić information content (AvgIpc) is 3.20. The Hall–Kier alpha value is -3.09. The van der Waals surface area contributed by atoms with Crippen LogP contribution in [0.3, 0.4) is 0 Å². The van der Waals surface area contributed by atoms with Crippen molar-refractivity contribution >= 4 is 22.5 Å². The summed E-state index contributed by atoms with van der Waals surface area (Å²) in [7, 11) is 1.68. The molecule has 158 valence electrons. The maximum Gasteiger partial charge on any atom is 0.223 e. The highest BCUT2D eigenvalue weighted by molar-refractivity contribution is 5.92. The van der Waals surface area contributed by atoms with Crippen LogP contribution in [0.25, 0.3) is 10.9 Å². The molecule has 1 aromatic carbocycles. The fourth-order valence-corrected chi connectivity index (χ4v) is 4.14. The number of amides is 1. The summed E-state index contributed by atoms with van der Waals surface area (Å²) in [4.78, 5) is 23.6. The first-order chi connectivity index (χ1) is 14.7. The number of aryl methyl sites for hydroxylation is 2. The van der Waals surface area contributed by atoms with Crippen molar-refractivity contribution in [2.45, 2.75) is 32.7 Å². The fourth-order valence-electron chi connectivity index (χ4n) is 4.14. The van der Waals surface area contributed by atoms with Gasteiger partial charge in [0.15, 0.2) is 0 Å². The van der Waals surface area contributed by atoms with Crippen LogP contribution in [0, 0.1) is 12.8 Å². The van der Waals surface area contributed by atoms with Crippen LogP contribution in [0.5, 0.6) is 5.75 Å². The molecule has 3 heterocycles. The number of hydrogen-bond acceptors (Lipinski definition) is 5. The highest BCUT2D eigenvalue weighted by Gasteiger charge is 2.25. The van der Waals surface area contributed by atoms with E-state index in [9.17, 15) is 4.79 Å². The quantitative estimate of drug-likeness (QED) is 0.609. The Bertz CT molecular complexity index is 1010. The molecule has 0 saturated carbocycles. The van der Waals surface area contributed by atoms with Gasteiger partial charge in [-0.05, 0) is 50.5 Å². The normalized spacial score (nSPS) is 14.8. The monoisotopic (exact) mass is 407 g/mol. The third-order valence-corrected chi connectivity index (χ3v) is 5.93. The molecule has 1 aliphatic rings. The number of fused-ring (bicyclic) bond motifs is 1. The number of rotatable bonds is 7. The van der Waals surface area contributed by atoms with Gasteiger partial charge in [-0.25, -0.2) is 4.98 Å². The van der Waals surface area contributed by atoms with Gasteiger partial charge in [0.05, 0.1) is 12.6 Å². The summed E-state index contributed by atoms with van der Waals surface area (Å²) in [5.74, 6) is 2.10. The summed E-state index contributed by atoms with van der Waals surface area (Å²) in [6, 6.07) is 8.02. The van der Waals surface area contributed by atoms with E-state index < -0.39 is 0 Å². The van der Waals surface area contributed by atoms with E-state index in [2.05, 4.69) is 30.8 Å². The Morgan fingerprint density at radius 3 is 2.77 bits per heavy atom. The summed E-state index contributed by atoms with van der Waals surface area (Å²) in [6.45, 7) is 5.30. The van der Waals surface area contributed by atoms with Gasteiger partial charge in [-0.15, -0.1) is 0 Å². The Morgan fingerprint density at radius 2 is 2.03 bits per heavy atom. The van der Waals surface area contributed by atoms with E-state index in [-0.39, 0.29) is 11.8 Å². The van der Waals surface area contributed by atoms with Gasteiger partial charge in [0.1, 0.15) is 11.6 Å². The minimum absolute atomic E-state index is 0.0823. The average molecular weight is 408 g/mol. The second-order valence-electron chi connectivity index (χ2n) is 7.79. The molecule has 0 radical (unpaired) electrons. The third-order valence-electron chi connectivity index (χ3n) is 5.93. The van der Waals surface area contributed by atoms with Crippen LogP contribution < -0.4 is 15.0 Å². The number of benzene rings is 1. The molecule has 30 heavy (non-hydrogen) atoms. The smallest absolute Gasteiger partial charge is 0.223 e. The van der Waals surface area contributed by atoms with Crippen LogP contribution in [0.15, 0.2) is 42.9 Å². The van der Waals surface area contributed by atoms with Gasteiger partial charge < -0.3 is 19.5 Å². The Balaban J connectivity index is 1.30. The van der Waals surface area contributed by atoms with Crippen LogP contribution in [-0.2, 0) is 11.3 Å². The molecular formula is C23H29N5O2. The van der Waals surface area contributed by atoms with E-state index in [0.29, 0.717) is 6.54 Å². The maximum absolute atomic E-state index is 12.6. The first kappa shape index (κ1) is 20.2. The van der Waals surface area contributed by atoms with E-state index in [0.717, 1.165) is 67.1 Å². The van der Waals surface area contributed by atoms with Crippen LogP contribution in [0.2, 0.25) is 0 Å². The zero-order valence-corrected chi connectivity index (χ0v) is 17.7. The van der Waals surface area contributed by atoms with Crippen molar-refractivity contribution in [3.8, 4) is 5.75 Å². The Labute approximate surface area is 177 Å². The number of ether oxygens (including phenoxy) is 1. The predicted molar refractivity (Wildman–Crippen MR) is 118 cm³/mol.